The molecule has 1 amide bonds. The number of hydrogen-bond acceptors (Lipinski definition) is 2. The Morgan fingerprint density at radius 2 is 2.20 bits per heavy atom. The zero-order valence-corrected chi connectivity index (χ0v) is 13.8. The number of rotatable bonds is 6. The molecule has 20 heavy (non-hydrogen) atoms. The van der Waals surface area contributed by atoms with E-state index < -0.39 is 11.0 Å². The lowest BCUT2D eigenvalue weighted by atomic mass is 9.47. The molecule has 1 saturated carbocycles. The summed E-state index contributed by atoms with van der Waals surface area (Å²) in [6, 6.07) is 0.203. The molecule has 4 heteroatoms. The molecule has 114 valence electrons. The van der Waals surface area contributed by atoms with E-state index in [1.165, 1.54) is 0 Å². The first-order valence-corrected chi connectivity index (χ1v) is 8.98. The van der Waals surface area contributed by atoms with E-state index in [1.54, 1.807) is 4.31 Å². The number of amides is 1. The number of fused-ring (bicyclic) bond motifs is 1. The first-order chi connectivity index (χ1) is 9.39. The van der Waals surface area contributed by atoms with Gasteiger partial charge in [0.2, 0.25) is 5.91 Å². The van der Waals surface area contributed by atoms with Crippen LogP contribution in [-0.4, -0.2) is 26.2 Å². The minimum absolute atomic E-state index is 0.0728. The molecule has 1 aliphatic heterocycles. The van der Waals surface area contributed by atoms with Gasteiger partial charge in [-0.05, 0) is 31.1 Å². The molecule has 2 rings (SSSR count). The van der Waals surface area contributed by atoms with Crippen LogP contribution in [0.4, 0.5) is 0 Å². The molecule has 1 saturated heterocycles. The smallest absolute Gasteiger partial charge is 0.234 e. The molecule has 2 aliphatic rings. The Balaban J connectivity index is 2.12. The Morgan fingerprint density at radius 3 is 2.75 bits per heavy atom. The fraction of sp³-hybridized carbons (Fsp3) is 0.812. The van der Waals surface area contributed by atoms with Gasteiger partial charge in [-0.3, -0.25) is 9.10 Å². The van der Waals surface area contributed by atoms with Crippen LogP contribution in [0.2, 0.25) is 0 Å². The van der Waals surface area contributed by atoms with Gasteiger partial charge >= 0.3 is 0 Å². The molecule has 3 nitrogen and oxygen atoms in total. The quantitative estimate of drug-likeness (QED) is 0.556. The highest BCUT2D eigenvalue weighted by molar-refractivity contribution is 7.83. The van der Waals surface area contributed by atoms with E-state index in [9.17, 15) is 9.00 Å². The average molecular weight is 297 g/mol. The van der Waals surface area contributed by atoms with Gasteiger partial charge in [0.15, 0.2) is 0 Å². The van der Waals surface area contributed by atoms with Gasteiger partial charge in [0.1, 0.15) is 11.0 Å². The summed E-state index contributed by atoms with van der Waals surface area (Å²) < 4.78 is 14.2. The predicted molar refractivity (Wildman–Crippen MR) is 83.4 cm³/mol. The summed E-state index contributed by atoms with van der Waals surface area (Å²) in [6.07, 6.45) is 7.16. The molecule has 0 aromatic carbocycles. The van der Waals surface area contributed by atoms with E-state index in [4.69, 9.17) is 0 Å². The molecule has 0 aromatic heterocycles. The van der Waals surface area contributed by atoms with Gasteiger partial charge in [0, 0.05) is 11.8 Å². The summed E-state index contributed by atoms with van der Waals surface area (Å²) in [5, 5.41) is 0. The highest BCUT2D eigenvalue weighted by atomic mass is 32.2. The predicted octanol–water partition coefficient (Wildman–Crippen LogP) is 3.43. The molecule has 0 radical (unpaired) electrons. The van der Waals surface area contributed by atoms with E-state index >= 15 is 0 Å². The minimum Gasteiger partial charge on any atom is -0.274 e. The van der Waals surface area contributed by atoms with Crippen LogP contribution in [-0.2, 0) is 15.8 Å². The van der Waals surface area contributed by atoms with Gasteiger partial charge in [-0.25, -0.2) is 4.21 Å². The summed E-state index contributed by atoms with van der Waals surface area (Å²) in [4.78, 5) is 12.4. The second-order valence-corrected chi connectivity index (χ2v) is 8.20. The summed E-state index contributed by atoms with van der Waals surface area (Å²) in [5.41, 5.74) is 0.292. The van der Waals surface area contributed by atoms with Crippen LogP contribution in [0, 0.1) is 10.8 Å². The van der Waals surface area contributed by atoms with Gasteiger partial charge in [0.05, 0.1) is 11.8 Å². The summed E-state index contributed by atoms with van der Waals surface area (Å²) >= 11 is 0. The van der Waals surface area contributed by atoms with Crippen LogP contribution in [0.5, 0.6) is 0 Å². The fourth-order valence-corrected chi connectivity index (χ4v) is 6.24. The van der Waals surface area contributed by atoms with E-state index in [0.29, 0.717) is 12.2 Å². The SMILES string of the molecule is C=CCCCC(=O)N1C2CC(C)(C)C2(CCC)CS1=O. The number of unbranched alkanes of at least 4 members (excludes halogenated alkanes) is 1. The molecule has 0 N–H and O–H groups in total. The van der Waals surface area contributed by atoms with Crippen LogP contribution in [0.1, 0.15) is 59.3 Å². The Kier molecular flexibility index (Phi) is 4.43. The molecule has 1 heterocycles. The highest BCUT2D eigenvalue weighted by Gasteiger charge is 2.67. The second-order valence-electron chi connectivity index (χ2n) is 6.88. The van der Waals surface area contributed by atoms with Crippen molar-refractivity contribution >= 4 is 16.9 Å². The second kappa shape index (κ2) is 5.63. The van der Waals surface area contributed by atoms with Crippen molar-refractivity contribution in [2.24, 2.45) is 10.8 Å². The molecule has 0 bridgehead atoms. The standard InChI is InChI=1S/C16H27NO2S/c1-5-7-8-9-14(18)17-13-11-15(3,4)16(13,10-6-2)12-20(17)19/h5,13H,1,6-12H2,2-4H3. The lowest BCUT2D eigenvalue weighted by Crippen LogP contribution is -2.61. The van der Waals surface area contributed by atoms with Crippen molar-refractivity contribution in [2.45, 2.75) is 65.3 Å². The Morgan fingerprint density at radius 1 is 1.50 bits per heavy atom. The largest absolute Gasteiger partial charge is 0.274 e. The first kappa shape index (κ1) is 15.7. The van der Waals surface area contributed by atoms with E-state index in [0.717, 1.165) is 32.1 Å². The number of hydrogen-bond donors (Lipinski definition) is 0. The highest BCUT2D eigenvalue weighted by Crippen LogP contribution is 2.64. The number of carbonyl (C=O) groups is 1. The Labute approximate surface area is 125 Å². The van der Waals surface area contributed by atoms with E-state index in [1.807, 2.05) is 6.08 Å². The Hall–Kier alpha value is -0.640. The van der Waals surface area contributed by atoms with Crippen molar-refractivity contribution in [1.82, 2.24) is 4.31 Å². The normalized spacial score (nSPS) is 34.5. The summed E-state index contributed by atoms with van der Waals surface area (Å²) in [5.74, 6) is 0.745. The van der Waals surface area contributed by atoms with Crippen LogP contribution in [0.25, 0.3) is 0 Å². The van der Waals surface area contributed by atoms with Crippen molar-refractivity contribution < 1.29 is 9.00 Å². The van der Waals surface area contributed by atoms with Crippen LogP contribution in [0.3, 0.4) is 0 Å². The number of nitrogens with zero attached hydrogens (tertiary/aromatic N) is 1. The lowest BCUT2D eigenvalue weighted by Gasteiger charge is -2.59. The molecular formula is C16H27NO2S. The van der Waals surface area contributed by atoms with Crippen molar-refractivity contribution in [2.75, 3.05) is 5.75 Å². The summed E-state index contributed by atoms with van der Waals surface area (Å²) in [7, 11) is -1.12. The van der Waals surface area contributed by atoms with Crippen LogP contribution in [0.15, 0.2) is 12.7 Å². The molecule has 1 aliphatic carbocycles. The van der Waals surface area contributed by atoms with E-state index in [-0.39, 0.29) is 22.8 Å². The van der Waals surface area contributed by atoms with Crippen LogP contribution >= 0.6 is 0 Å². The monoisotopic (exact) mass is 297 g/mol. The molecule has 3 unspecified atom stereocenters. The minimum atomic E-state index is -1.12. The van der Waals surface area contributed by atoms with Crippen molar-refractivity contribution in [1.29, 1.82) is 0 Å². The van der Waals surface area contributed by atoms with Gasteiger partial charge in [-0.1, -0.05) is 33.3 Å². The van der Waals surface area contributed by atoms with E-state index in [2.05, 4.69) is 27.4 Å². The molecule has 0 spiro atoms. The van der Waals surface area contributed by atoms with Crippen molar-refractivity contribution in [3.8, 4) is 0 Å². The lowest BCUT2D eigenvalue weighted by molar-refractivity contribution is -0.141. The molecule has 2 fully saturated rings. The van der Waals surface area contributed by atoms with Crippen LogP contribution < -0.4 is 0 Å². The van der Waals surface area contributed by atoms with Crippen molar-refractivity contribution in [3.05, 3.63) is 12.7 Å². The first-order valence-electron chi connectivity index (χ1n) is 7.71. The molecular weight excluding hydrogens is 270 g/mol. The van der Waals surface area contributed by atoms with Gasteiger partial charge in [-0.2, -0.15) is 0 Å². The molecule has 3 atom stereocenters. The summed E-state index contributed by atoms with van der Waals surface area (Å²) in [6.45, 7) is 10.4. The van der Waals surface area contributed by atoms with Gasteiger partial charge in [0.25, 0.3) is 0 Å². The van der Waals surface area contributed by atoms with Gasteiger partial charge < -0.3 is 0 Å². The Bertz CT molecular complexity index is 432. The number of carbonyl (C=O) groups excluding carboxylic acids is 1. The molecule has 0 aromatic rings. The zero-order valence-electron chi connectivity index (χ0n) is 13.0. The maximum atomic E-state index is 12.5. The topological polar surface area (TPSA) is 37.4 Å². The fourth-order valence-electron chi connectivity index (χ4n) is 4.05. The average Bonchev–Trinajstić information content (AvgIpc) is 2.60. The third-order valence-corrected chi connectivity index (χ3v) is 6.97. The zero-order chi connectivity index (χ0) is 15.0. The maximum Gasteiger partial charge on any atom is 0.234 e. The van der Waals surface area contributed by atoms with Gasteiger partial charge in [-0.15, -0.1) is 6.58 Å². The third kappa shape index (κ3) is 2.26. The maximum absolute atomic E-state index is 12.5. The third-order valence-electron chi connectivity index (χ3n) is 5.31. The van der Waals surface area contributed by atoms with Crippen molar-refractivity contribution in [3.63, 3.8) is 0 Å². The number of allylic oxidation sites excluding steroid dienone is 1.